The third-order valence-corrected chi connectivity index (χ3v) is 2.61. The molecule has 0 saturated heterocycles. The van der Waals surface area contributed by atoms with E-state index in [-0.39, 0.29) is 12.0 Å². The minimum absolute atomic E-state index is 0.183. The summed E-state index contributed by atoms with van der Waals surface area (Å²) in [5.74, 6) is 0. The second-order valence-corrected chi connectivity index (χ2v) is 4.54. The third kappa shape index (κ3) is 4.66. The van der Waals surface area contributed by atoms with Crippen LogP contribution < -0.4 is 5.32 Å². The first-order valence-electron chi connectivity index (χ1n) is 5.86. The molecule has 5 heteroatoms. The van der Waals surface area contributed by atoms with Crippen molar-refractivity contribution in [3.8, 4) is 0 Å². The minimum atomic E-state index is -4.35. The maximum absolute atomic E-state index is 13.0. The molecule has 0 aromatic heterocycles. The second-order valence-electron chi connectivity index (χ2n) is 4.54. The molecular formula is C13H18F3NO. The zero-order chi connectivity index (χ0) is 13.8. The summed E-state index contributed by atoms with van der Waals surface area (Å²) in [6.07, 6.45) is -4.70. The Hall–Kier alpha value is -1.07. The van der Waals surface area contributed by atoms with Gasteiger partial charge in [0.05, 0.1) is 6.10 Å². The average Bonchev–Trinajstić information content (AvgIpc) is 2.24. The maximum atomic E-state index is 13.0. The highest BCUT2D eigenvalue weighted by Crippen LogP contribution is 2.33. The van der Waals surface area contributed by atoms with Crippen LogP contribution in [0.4, 0.5) is 13.2 Å². The van der Waals surface area contributed by atoms with Gasteiger partial charge in [0.25, 0.3) is 0 Å². The molecule has 1 aromatic carbocycles. The number of nitrogens with one attached hydrogen (secondary N) is 1. The first-order chi connectivity index (χ1) is 8.30. The van der Waals surface area contributed by atoms with Gasteiger partial charge in [-0.05, 0) is 25.8 Å². The Morgan fingerprint density at radius 2 is 1.72 bits per heavy atom. The van der Waals surface area contributed by atoms with E-state index in [1.165, 1.54) is 12.1 Å². The average molecular weight is 261 g/mol. The van der Waals surface area contributed by atoms with E-state index in [2.05, 4.69) is 5.32 Å². The highest BCUT2D eigenvalue weighted by Gasteiger charge is 2.41. The van der Waals surface area contributed by atoms with E-state index in [9.17, 15) is 18.3 Å². The fourth-order valence-electron chi connectivity index (χ4n) is 1.89. The normalized spacial score (nSPS) is 17.2. The van der Waals surface area contributed by atoms with Crippen LogP contribution in [0.25, 0.3) is 0 Å². The van der Waals surface area contributed by atoms with E-state index in [4.69, 9.17) is 0 Å². The van der Waals surface area contributed by atoms with E-state index in [1.54, 1.807) is 32.0 Å². The van der Waals surface area contributed by atoms with Crippen molar-refractivity contribution >= 4 is 0 Å². The summed E-state index contributed by atoms with van der Waals surface area (Å²) >= 11 is 0. The van der Waals surface area contributed by atoms with Crippen LogP contribution in [0, 0.1) is 0 Å². The van der Waals surface area contributed by atoms with Crippen molar-refractivity contribution in [1.29, 1.82) is 0 Å². The summed E-state index contributed by atoms with van der Waals surface area (Å²) in [7, 11) is 0. The number of alkyl halides is 3. The van der Waals surface area contributed by atoms with Crippen molar-refractivity contribution in [2.24, 2.45) is 0 Å². The lowest BCUT2D eigenvalue weighted by atomic mass is 10.0. The second kappa shape index (κ2) is 6.20. The van der Waals surface area contributed by atoms with Crippen molar-refractivity contribution in [3.05, 3.63) is 35.9 Å². The molecule has 0 aliphatic rings. The molecule has 18 heavy (non-hydrogen) atoms. The van der Waals surface area contributed by atoms with E-state index in [0.29, 0.717) is 0 Å². The zero-order valence-electron chi connectivity index (χ0n) is 10.4. The molecule has 0 heterocycles. The van der Waals surface area contributed by atoms with Crippen molar-refractivity contribution in [2.45, 2.75) is 44.6 Å². The number of benzene rings is 1. The van der Waals surface area contributed by atoms with Gasteiger partial charge in [0, 0.05) is 6.04 Å². The predicted molar refractivity (Wildman–Crippen MR) is 64.1 cm³/mol. The van der Waals surface area contributed by atoms with Crippen LogP contribution in [-0.2, 0) is 0 Å². The summed E-state index contributed by atoms with van der Waals surface area (Å²) in [6.45, 7) is 3.19. The summed E-state index contributed by atoms with van der Waals surface area (Å²) in [5, 5.41) is 11.7. The van der Waals surface area contributed by atoms with Crippen LogP contribution in [-0.4, -0.2) is 23.4 Å². The van der Waals surface area contributed by atoms with Crippen LogP contribution in [0.5, 0.6) is 0 Å². The zero-order valence-corrected chi connectivity index (χ0v) is 10.4. The van der Waals surface area contributed by atoms with Gasteiger partial charge in [-0.15, -0.1) is 0 Å². The SMILES string of the molecule is CC(O)CC(C)NC(c1ccccc1)C(F)(F)F. The topological polar surface area (TPSA) is 32.3 Å². The Balaban J connectivity index is 2.81. The number of halogens is 3. The molecule has 0 amide bonds. The predicted octanol–water partition coefficient (Wildman–Crippen LogP) is 3.04. The lowest BCUT2D eigenvalue weighted by Crippen LogP contribution is -2.40. The molecule has 2 N–H and O–H groups in total. The van der Waals surface area contributed by atoms with Gasteiger partial charge in [-0.1, -0.05) is 30.3 Å². The van der Waals surface area contributed by atoms with Gasteiger partial charge in [0.2, 0.25) is 0 Å². The van der Waals surface area contributed by atoms with E-state index >= 15 is 0 Å². The number of hydrogen-bond acceptors (Lipinski definition) is 2. The van der Waals surface area contributed by atoms with Gasteiger partial charge in [0.15, 0.2) is 0 Å². The highest BCUT2D eigenvalue weighted by atomic mass is 19.4. The van der Waals surface area contributed by atoms with Crippen LogP contribution in [0.2, 0.25) is 0 Å². The van der Waals surface area contributed by atoms with Crippen LogP contribution in [0.3, 0.4) is 0 Å². The Labute approximate surface area is 105 Å². The molecular weight excluding hydrogens is 243 g/mol. The lowest BCUT2D eigenvalue weighted by molar-refractivity contribution is -0.159. The molecule has 3 atom stereocenters. The van der Waals surface area contributed by atoms with Crippen molar-refractivity contribution in [2.75, 3.05) is 0 Å². The summed E-state index contributed by atoms with van der Waals surface area (Å²) in [6, 6.07) is 5.60. The minimum Gasteiger partial charge on any atom is -0.393 e. The van der Waals surface area contributed by atoms with Gasteiger partial charge in [-0.3, -0.25) is 5.32 Å². The van der Waals surface area contributed by atoms with Gasteiger partial charge in [-0.2, -0.15) is 13.2 Å². The fraction of sp³-hybridized carbons (Fsp3) is 0.538. The summed E-state index contributed by atoms with van der Waals surface area (Å²) in [5.41, 5.74) is 0.183. The van der Waals surface area contributed by atoms with Gasteiger partial charge in [-0.25, -0.2) is 0 Å². The molecule has 2 nitrogen and oxygen atoms in total. The number of hydrogen-bond donors (Lipinski definition) is 2. The Morgan fingerprint density at radius 1 is 1.17 bits per heavy atom. The maximum Gasteiger partial charge on any atom is 0.407 e. The molecule has 1 aromatic rings. The third-order valence-electron chi connectivity index (χ3n) is 2.61. The Kier molecular flexibility index (Phi) is 5.16. The van der Waals surface area contributed by atoms with Crippen LogP contribution >= 0.6 is 0 Å². The summed E-state index contributed by atoms with van der Waals surface area (Å²) in [4.78, 5) is 0. The largest absolute Gasteiger partial charge is 0.407 e. The number of aliphatic hydroxyl groups excluding tert-OH is 1. The molecule has 0 bridgehead atoms. The monoisotopic (exact) mass is 261 g/mol. The molecule has 3 unspecified atom stereocenters. The standard InChI is InChI=1S/C13H18F3NO/c1-9(8-10(2)18)17-12(13(14,15)16)11-6-4-3-5-7-11/h3-7,9-10,12,17-18H,8H2,1-2H3. The molecule has 0 aliphatic carbocycles. The Morgan fingerprint density at radius 3 is 2.17 bits per heavy atom. The Bertz CT molecular complexity index is 351. The molecule has 0 spiro atoms. The molecule has 0 fully saturated rings. The first kappa shape index (κ1) is 15.0. The van der Waals surface area contributed by atoms with Gasteiger partial charge >= 0.3 is 6.18 Å². The lowest BCUT2D eigenvalue weighted by Gasteiger charge is -2.26. The molecule has 102 valence electrons. The van der Waals surface area contributed by atoms with E-state index in [1.807, 2.05) is 0 Å². The van der Waals surface area contributed by atoms with Crippen molar-refractivity contribution in [1.82, 2.24) is 5.32 Å². The van der Waals surface area contributed by atoms with Crippen LogP contribution in [0.15, 0.2) is 30.3 Å². The first-order valence-corrected chi connectivity index (χ1v) is 5.86. The quantitative estimate of drug-likeness (QED) is 0.854. The smallest absolute Gasteiger partial charge is 0.393 e. The van der Waals surface area contributed by atoms with Gasteiger partial charge < -0.3 is 5.11 Å². The molecule has 0 radical (unpaired) electrons. The number of rotatable bonds is 5. The molecule has 0 aliphatic heterocycles. The van der Waals surface area contributed by atoms with Crippen molar-refractivity contribution < 1.29 is 18.3 Å². The van der Waals surface area contributed by atoms with Crippen LogP contribution in [0.1, 0.15) is 31.9 Å². The summed E-state index contributed by atoms with van der Waals surface area (Å²) < 4.78 is 38.9. The van der Waals surface area contributed by atoms with Gasteiger partial charge in [0.1, 0.15) is 6.04 Å². The van der Waals surface area contributed by atoms with E-state index < -0.39 is 24.4 Å². The fourth-order valence-corrected chi connectivity index (χ4v) is 1.89. The molecule has 1 rings (SSSR count). The molecule has 0 saturated carbocycles. The number of aliphatic hydroxyl groups is 1. The van der Waals surface area contributed by atoms with Crippen molar-refractivity contribution in [3.63, 3.8) is 0 Å². The van der Waals surface area contributed by atoms with E-state index in [0.717, 1.165) is 0 Å². The highest BCUT2D eigenvalue weighted by molar-refractivity contribution is 5.20.